The van der Waals surface area contributed by atoms with Crippen LogP contribution in [-0.4, -0.2) is 39.7 Å². The number of hydrogen-bond acceptors (Lipinski definition) is 8. The molecule has 3 aromatic rings. The van der Waals surface area contributed by atoms with Gasteiger partial charge >= 0.3 is 6.03 Å². The van der Waals surface area contributed by atoms with Crippen molar-refractivity contribution >= 4 is 29.4 Å². The zero-order chi connectivity index (χ0) is 21.3. The Morgan fingerprint density at radius 2 is 1.87 bits per heavy atom. The largest absolute Gasteiger partial charge is 0.497 e. The van der Waals surface area contributed by atoms with Gasteiger partial charge in [-0.05, 0) is 24.3 Å². The van der Waals surface area contributed by atoms with Crippen LogP contribution in [0.1, 0.15) is 5.82 Å². The van der Waals surface area contributed by atoms with Crippen LogP contribution in [0.15, 0.2) is 59.8 Å². The molecule has 0 saturated carbocycles. The number of benzene rings is 2. The lowest BCUT2D eigenvalue weighted by Gasteiger charge is -2.08. The summed E-state index contributed by atoms with van der Waals surface area (Å²) in [4.78, 5) is 23.8. The van der Waals surface area contributed by atoms with Gasteiger partial charge in [0.05, 0.1) is 12.9 Å². The van der Waals surface area contributed by atoms with Gasteiger partial charge in [0, 0.05) is 11.8 Å². The van der Waals surface area contributed by atoms with Crippen molar-refractivity contribution in [3.8, 4) is 11.5 Å². The number of hydrogen-bond donors (Lipinski definition) is 3. The second kappa shape index (κ2) is 10.2. The number of nitrogens with one attached hydrogen (secondary N) is 2. The Balaban J connectivity index is 1.47. The number of amides is 3. The first-order valence-corrected chi connectivity index (χ1v) is 9.78. The normalized spacial score (nSPS) is 10.3. The van der Waals surface area contributed by atoms with Crippen molar-refractivity contribution in [1.29, 1.82) is 0 Å². The molecule has 0 spiro atoms. The van der Waals surface area contributed by atoms with Crippen LogP contribution in [0.3, 0.4) is 0 Å². The maximum Gasteiger partial charge on any atom is 0.325 e. The third-order valence-electron chi connectivity index (χ3n) is 3.76. The van der Waals surface area contributed by atoms with Gasteiger partial charge in [-0.1, -0.05) is 36.0 Å². The summed E-state index contributed by atoms with van der Waals surface area (Å²) in [5.41, 5.74) is 0.581. The molecule has 3 amide bonds. The average molecular weight is 428 g/mol. The Bertz CT molecular complexity index is 1010. The molecule has 30 heavy (non-hydrogen) atoms. The first-order valence-electron chi connectivity index (χ1n) is 8.80. The number of urea groups is 1. The molecule has 3 rings (SSSR count). The van der Waals surface area contributed by atoms with Gasteiger partial charge in [0.15, 0.2) is 5.82 Å². The molecule has 0 radical (unpaired) electrons. The highest BCUT2D eigenvalue weighted by Crippen LogP contribution is 2.20. The quantitative estimate of drug-likeness (QED) is 0.367. The molecule has 10 nitrogen and oxygen atoms in total. The smallest absolute Gasteiger partial charge is 0.325 e. The van der Waals surface area contributed by atoms with Crippen LogP contribution < -0.4 is 25.9 Å². The standard InChI is InChI=1S/C19H20N6O4S/c1-28-14-8-5-9-15(10-14)29-11-16-23-24-19(25(16)20)30-12-17(26)22-18(27)21-13-6-3-2-4-7-13/h2-10H,11-12,20H2,1H3,(H2,21,22,26,27). The molecule has 156 valence electrons. The van der Waals surface area contributed by atoms with E-state index in [9.17, 15) is 9.59 Å². The number of nitrogens with two attached hydrogens (primary N) is 1. The molecule has 1 heterocycles. The molecule has 11 heteroatoms. The molecular weight excluding hydrogens is 408 g/mol. The van der Waals surface area contributed by atoms with Gasteiger partial charge in [-0.25, -0.2) is 9.47 Å². The number of methoxy groups -OCH3 is 1. The van der Waals surface area contributed by atoms with E-state index in [0.717, 1.165) is 11.8 Å². The fourth-order valence-electron chi connectivity index (χ4n) is 2.32. The van der Waals surface area contributed by atoms with E-state index in [0.29, 0.717) is 28.2 Å². The van der Waals surface area contributed by atoms with Crippen LogP contribution in [0.2, 0.25) is 0 Å². The summed E-state index contributed by atoms with van der Waals surface area (Å²) < 4.78 is 12.0. The Hall–Kier alpha value is -3.73. The average Bonchev–Trinajstić information content (AvgIpc) is 3.11. The zero-order valence-corrected chi connectivity index (χ0v) is 16.9. The van der Waals surface area contributed by atoms with E-state index in [2.05, 4.69) is 20.8 Å². The predicted octanol–water partition coefficient (Wildman–Crippen LogP) is 2.02. The Kier molecular flexibility index (Phi) is 7.11. The van der Waals surface area contributed by atoms with Gasteiger partial charge in [0.1, 0.15) is 18.1 Å². The van der Waals surface area contributed by atoms with Crippen LogP contribution in [0.4, 0.5) is 10.5 Å². The van der Waals surface area contributed by atoms with Crippen LogP contribution in [-0.2, 0) is 11.4 Å². The summed E-state index contributed by atoms with van der Waals surface area (Å²) in [7, 11) is 1.57. The summed E-state index contributed by atoms with van der Waals surface area (Å²) in [6.45, 7) is 0.0862. The number of ether oxygens (including phenoxy) is 2. The van der Waals surface area contributed by atoms with E-state index in [1.807, 2.05) is 6.07 Å². The van der Waals surface area contributed by atoms with E-state index >= 15 is 0 Å². The molecule has 0 aliphatic rings. The van der Waals surface area contributed by atoms with E-state index < -0.39 is 11.9 Å². The molecule has 0 fully saturated rings. The van der Waals surface area contributed by atoms with Gasteiger partial charge in [0.2, 0.25) is 11.1 Å². The molecule has 2 aromatic carbocycles. The van der Waals surface area contributed by atoms with Crippen LogP contribution in [0.25, 0.3) is 0 Å². The molecule has 0 aliphatic heterocycles. The Morgan fingerprint density at radius 3 is 2.63 bits per heavy atom. The highest BCUT2D eigenvalue weighted by atomic mass is 32.2. The number of nitrogens with zero attached hydrogens (tertiary/aromatic N) is 3. The summed E-state index contributed by atoms with van der Waals surface area (Å²) in [5, 5.41) is 13.0. The van der Waals surface area contributed by atoms with Crippen molar-refractivity contribution in [3.05, 3.63) is 60.4 Å². The van der Waals surface area contributed by atoms with Crippen molar-refractivity contribution in [2.45, 2.75) is 11.8 Å². The maximum absolute atomic E-state index is 12.0. The van der Waals surface area contributed by atoms with Crippen molar-refractivity contribution in [2.75, 3.05) is 24.0 Å². The number of imide groups is 1. The van der Waals surface area contributed by atoms with Gasteiger partial charge in [-0.2, -0.15) is 0 Å². The first-order chi connectivity index (χ1) is 14.5. The van der Waals surface area contributed by atoms with Crippen molar-refractivity contribution in [1.82, 2.24) is 20.2 Å². The Labute approximate surface area is 176 Å². The number of thioether (sulfide) groups is 1. The number of aromatic nitrogens is 3. The lowest BCUT2D eigenvalue weighted by Crippen LogP contribution is -2.35. The minimum Gasteiger partial charge on any atom is -0.497 e. The summed E-state index contributed by atoms with van der Waals surface area (Å²) in [6.07, 6.45) is 0. The highest BCUT2D eigenvalue weighted by Gasteiger charge is 2.14. The van der Waals surface area contributed by atoms with E-state index in [1.165, 1.54) is 4.68 Å². The van der Waals surface area contributed by atoms with E-state index in [1.54, 1.807) is 55.6 Å². The highest BCUT2D eigenvalue weighted by molar-refractivity contribution is 7.99. The number of rotatable bonds is 8. The predicted molar refractivity (Wildman–Crippen MR) is 112 cm³/mol. The first kappa shape index (κ1) is 21.0. The third kappa shape index (κ3) is 5.88. The second-order valence-corrected chi connectivity index (χ2v) is 6.84. The lowest BCUT2D eigenvalue weighted by molar-refractivity contribution is -0.117. The molecular formula is C19H20N6O4S. The topological polar surface area (TPSA) is 133 Å². The lowest BCUT2D eigenvalue weighted by atomic mass is 10.3. The molecule has 0 atom stereocenters. The fourth-order valence-corrected chi connectivity index (χ4v) is 2.99. The SMILES string of the molecule is COc1cccc(OCc2nnc(SCC(=O)NC(=O)Nc3ccccc3)n2N)c1. The minimum atomic E-state index is -0.617. The fraction of sp³-hybridized carbons (Fsp3) is 0.158. The van der Waals surface area contributed by atoms with Crippen molar-refractivity contribution in [3.63, 3.8) is 0 Å². The number of anilines is 1. The molecule has 1 aromatic heterocycles. The van der Waals surface area contributed by atoms with Crippen LogP contribution >= 0.6 is 11.8 Å². The molecule has 0 bridgehead atoms. The molecule has 0 saturated heterocycles. The van der Waals surface area contributed by atoms with Crippen LogP contribution in [0, 0.1) is 0 Å². The second-order valence-electron chi connectivity index (χ2n) is 5.89. The third-order valence-corrected chi connectivity index (χ3v) is 4.70. The monoisotopic (exact) mass is 428 g/mol. The molecule has 0 aliphatic carbocycles. The molecule has 4 N–H and O–H groups in total. The van der Waals surface area contributed by atoms with Crippen LogP contribution in [0.5, 0.6) is 11.5 Å². The van der Waals surface area contributed by atoms with Gasteiger partial charge in [0.25, 0.3) is 0 Å². The minimum absolute atomic E-state index is 0.0612. The number of nitrogen functional groups attached to an aromatic ring is 1. The maximum atomic E-state index is 12.0. The van der Waals surface area contributed by atoms with Gasteiger partial charge in [-0.3, -0.25) is 10.1 Å². The summed E-state index contributed by atoms with van der Waals surface area (Å²) in [5.74, 6) is 7.05. The number of carbonyl (C=O) groups excluding carboxylic acids is 2. The summed E-state index contributed by atoms with van der Waals surface area (Å²) in [6, 6.07) is 15.3. The van der Waals surface area contributed by atoms with Crippen molar-refractivity contribution in [2.24, 2.45) is 0 Å². The Morgan fingerprint density at radius 1 is 1.10 bits per heavy atom. The van der Waals surface area contributed by atoms with Crippen molar-refractivity contribution < 1.29 is 19.1 Å². The van der Waals surface area contributed by atoms with Gasteiger partial charge in [-0.15, -0.1) is 10.2 Å². The summed E-state index contributed by atoms with van der Waals surface area (Å²) >= 11 is 1.05. The van der Waals surface area contributed by atoms with Gasteiger partial charge < -0.3 is 20.6 Å². The number of carbonyl (C=O) groups is 2. The van der Waals surface area contributed by atoms with E-state index in [4.69, 9.17) is 15.3 Å². The molecule has 0 unspecified atom stereocenters. The van der Waals surface area contributed by atoms with E-state index in [-0.39, 0.29) is 12.4 Å². The number of para-hydroxylation sites is 1. The zero-order valence-electron chi connectivity index (χ0n) is 16.1.